The summed E-state index contributed by atoms with van der Waals surface area (Å²) in [7, 11) is 0. The lowest BCUT2D eigenvalue weighted by Crippen LogP contribution is -2.12. The Labute approximate surface area is 153 Å². The molecule has 0 saturated carbocycles. The Morgan fingerprint density at radius 3 is 2.56 bits per heavy atom. The summed E-state index contributed by atoms with van der Waals surface area (Å²) in [6.45, 7) is 0.683. The molecular weight excluding hydrogens is 361 g/mol. The predicted octanol–water partition coefficient (Wildman–Crippen LogP) is 4.79. The van der Waals surface area contributed by atoms with Crippen LogP contribution in [0.2, 0.25) is 10.0 Å². The van der Waals surface area contributed by atoms with Crippen molar-refractivity contribution in [2.75, 3.05) is 6.79 Å². The van der Waals surface area contributed by atoms with Crippen LogP contribution >= 0.6 is 23.2 Å². The largest absolute Gasteiger partial charge is 0.454 e. The lowest BCUT2D eigenvalue weighted by molar-refractivity contribution is 0.0966. The summed E-state index contributed by atoms with van der Waals surface area (Å²) in [6.07, 6.45) is 0. The van der Waals surface area contributed by atoms with E-state index < -0.39 is 0 Å². The molecule has 4 nitrogen and oxygen atoms in total. The Balaban J connectivity index is 1.89. The first-order valence-corrected chi connectivity index (χ1v) is 8.50. The third-order valence-electron chi connectivity index (χ3n) is 4.62. The number of fused-ring (bicyclic) bond motifs is 3. The molecule has 0 spiro atoms. The molecule has 3 aromatic rings. The topological polar surface area (TPSA) is 47.6 Å². The summed E-state index contributed by atoms with van der Waals surface area (Å²) < 4.78 is 11.0. The molecule has 0 fully saturated rings. The molecule has 2 heterocycles. The average molecular weight is 372 g/mol. The number of hydrogen-bond donors (Lipinski definition) is 1. The van der Waals surface area contributed by atoms with Crippen LogP contribution in [0.15, 0.2) is 36.4 Å². The highest BCUT2D eigenvalue weighted by atomic mass is 35.5. The fourth-order valence-electron chi connectivity index (χ4n) is 3.46. The maximum atomic E-state index is 12.2. The minimum Gasteiger partial charge on any atom is -0.454 e. The molecule has 3 aromatic carbocycles. The van der Waals surface area contributed by atoms with Gasteiger partial charge in [0.25, 0.3) is 5.91 Å². The highest BCUT2D eigenvalue weighted by Crippen LogP contribution is 2.43. The molecule has 0 aromatic heterocycles. The van der Waals surface area contributed by atoms with E-state index in [1.54, 1.807) is 6.07 Å². The lowest BCUT2D eigenvalue weighted by Gasteiger charge is -2.14. The van der Waals surface area contributed by atoms with E-state index in [4.69, 9.17) is 32.7 Å². The van der Waals surface area contributed by atoms with Crippen molar-refractivity contribution < 1.29 is 14.3 Å². The Bertz CT molecular complexity index is 1080. The summed E-state index contributed by atoms with van der Waals surface area (Å²) >= 11 is 12.3. The zero-order valence-electron chi connectivity index (χ0n) is 12.9. The quantitative estimate of drug-likeness (QED) is 0.669. The Hall–Kier alpha value is -2.43. The van der Waals surface area contributed by atoms with Crippen LogP contribution < -0.4 is 14.8 Å². The number of carbonyl (C=O) groups excluding carboxylic acids is 1. The summed E-state index contributed by atoms with van der Waals surface area (Å²) in [5.74, 6) is 1.31. The number of ether oxygens (including phenoxy) is 2. The lowest BCUT2D eigenvalue weighted by atomic mass is 9.90. The second-order valence-electron chi connectivity index (χ2n) is 6.02. The normalized spacial score (nSPS) is 14.7. The summed E-state index contributed by atoms with van der Waals surface area (Å²) in [5, 5.41) is 5.76. The second-order valence-corrected chi connectivity index (χ2v) is 6.83. The fourth-order valence-corrected chi connectivity index (χ4v) is 3.76. The van der Waals surface area contributed by atoms with E-state index in [1.807, 2.05) is 30.3 Å². The fraction of sp³-hybridized carbons (Fsp3) is 0.105. The molecule has 0 radical (unpaired) electrons. The molecule has 6 heteroatoms. The van der Waals surface area contributed by atoms with Gasteiger partial charge in [0.2, 0.25) is 6.79 Å². The summed E-state index contributed by atoms with van der Waals surface area (Å²) in [4.78, 5) is 12.2. The van der Waals surface area contributed by atoms with Crippen LogP contribution in [-0.2, 0) is 6.54 Å². The molecule has 2 aliphatic heterocycles. The van der Waals surface area contributed by atoms with Gasteiger partial charge in [-0.15, -0.1) is 0 Å². The van der Waals surface area contributed by atoms with Crippen molar-refractivity contribution in [3.05, 3.63) is 57.6 Å². The number of nitrogens with one attached hydrogen (secondary N) is 1. The third-order valence-corrected chi connectivity index (χ3v) is 5.36. The van der Waals surface area contributed by atoms with Crippen molar-refractivity contribution >= 4 is 39.9 Å². The van der Waals surface area contributed by atoms with Crippen molar-refractivity contribution in [1.82, 2.24) is 5.32 Å². The highest BCUT2D eigenvalue weighted by Gasteiger charge is 2.26. The van der Waals surface area contributed by atoms with Gasteiger partial charge in [-0.25, -0.2) is 0 Å². The van der Waals surface area contributed by atoms with Gasteiger partial charge in [-0.1, -0.05) is 29.3 Å². The van der Waals surface area contributed by atoms with Crippen molar-refractivity contribution in [2.24, 2.45) is 0 Å². The van der Waals surface area contributed by atoms with E-state index in [-0.39, 0.29) is 12.7 Å². The van der Waals surface area contributed by atoms with Crippen LogP contribution in [-0.4, -0.2) is 12.7 Å². The van der Waals surface area contributed by atoms with E-state index in [2.05, 4.69) is 5.32 Å². The number of halogens is 2. The number of carbonyl (C=O) groups is 1. The third kappa shape index (κ3) is 2.18. The predicted molar refractivity (Wildman–Crippen MR) is 96.7 cm³/mol. The highest BCUT2D eigenvalue weighted by molar-refractivity contribution is 6.42. The average Bonchev–Trinajstić information content (AvgIpc) is 3.20. The molecule has 0 unspecified atom stereocenters. The molecule has 2 aliphatic rings. The molecule has 25 heavy (non-hydrogen) atoms. The monoisotopic (exact) mass is 371 g/mol. The number of hydrogen-bond acceptors (Lipinski definition) is 3. The van der Waals surface area contributed by atoms with Crippen molar-refractivity contribution in [3.63, 3.8) is 0 Å². The first-order valence-electron chi connectivity index (χ1n) is 7.74. The molecule has 1 amide bonds. The van der Waals surface area contributed by atoms with Crippen LogP contribution in [0.3, 0.4) is 0 Å². The van der Waals surface area contributed by atoms with Gasteiger partial charge in [-0.2, -0.15) is 0 Å². The SMILES string of the molecule is O=C1NCc2c1cc1cc3c(cc1c2-c1ccc(Cl)c(Cl)c1)OCO3. The summed E-state index contributed by atoms with van der Waals surface area (Å²) in [6, 6.07) is 11.3. The van der Waals surface area contributed by atoms with Crippen molar-refractivity contribution in [3.8, 4) is 22.6 Å². The van der Waals surface area contributed by atoms with Crippen LogP contribution in [0.1, 0.15) is 15.9 Å². The first-order chi connectivity index (χ1) is 12.1. The standard InChI is InChI=1S/C19H11Cl2NO3/c20-14-2-1-9(4-15(14)21)18-11-6-17-16(24-8-25-17)5-10(11)3-12-13(18)7-22-19(12)23/h1-6H,7-8H2,(H,22,23). The van der Waals surface area contributed by atoms with E-state index in [1.165, 1.54) is 0 Å². The number of amides is 1. The molecule has 5 rings (SSSR count). The van der Waals surface area contributed by atoms with E-state index in [0.717, 1.165) is 27.5 Å². The van der Waals surface area contributed by atoms with Gasteiger partial charge in [0.15, 0.2) is 11.5 Å². The first kappa shape index (κ1) is 14.9. The van der Waals surface area contributed by atoms with E-state index >= 15 is 0 Å². The minimum absolute atomic E-state index is 0.0733. The van der Waals surface area contributed by atoms with Crippen LogP contribution in [0, 0.1) is 0 Å². The molecule has 0 saturated heterocycles. The molecule has 0 aliphatic carbocycles. The van der Waals surface area contributed by atoms with Crippen LogP contribution in [0.25, 0.3) is 21.9 Å². The molecular formula is C19H11Cl2NO3. The van der Waals surface area contributed by atoms with E-state index in [0.29, 0.717) is 33.7 Å². The van der Waals surface area contributed by atoms with Gasteiger partial charge in [-0.3, -0.25) is 4.79 Å². The molecule has 124 valence electrons. The molecule has 0 bridgehead atoms. The Morgan fingerprint density at radius 2 is 1.76 bits per heavy atom. The number of benzene rings is 3. The second kappa shape index (κ2) is 5.28. The zero-order valence-corrected chi connectivity index (χ0v) is 14.4. The van der Waals surface area contributed by atoms with Gasteiger partial charge in [0, 0.05) is 12.1 Å². The van der Waals surface area contributed by atoms with Gasteiger partial charge < -0.3 is 14.8 Å². The van der Waals surface area contributed by atoms with Crippen molar-refractivity contribution in [2.45, 2.75) is 6.54 Å². The van der Waals surface area contributed by atoms with Crippen LogP contribution in [0.4, 0.5) is 0 Å². The zero-order chi connectivity index (χ0) is 17.1. The molecule has 1 N–H and O–H groups in total. The maximum Gasteiger partial charge on any atom is 0.251 e. The van der Waals surface area contributed by atoms with Gasteiger partial charge in [0.05, 0.1) is 10.0 Å². The van der Waals surface area contributed by atoms with E-state index in [9.17, 15) is 4.79 Å². The Morgan fingerprint density at radius 1 is 0.960 bits per heavy atom. The smallest absolute Gasteiger partial charge is 0.251 e. The van der Waals surface area contributed by atoms with Gasteiger partial charge in [0.1, 0.15) is 0 Å². The van der Waals surface area contributed by atoms with Gasteiger partial charge >= 0.3 is 0 Å². The van der Waals surface area contributed by atoms with Gasteiger partial charge in [-0.05, 0) is 57.8 Å². The minimum atomic E-state index is -0.0733. The number of rotatable bonds is 1. The summed E-state index contributed by atoms with van der Waals surface area (Å²) in [5.41, 5.74) is 3.50. The Kier molecular flexibility index (Phi) is 3.14. The maximum absolute atomic E-state index is 12.2. The molecule has 0 atom stereocenters. The van der Waals surface area contributed by atoms with Crippen molar-refractivity contribution in [1.29, 1.82) is 0 Å². The van der Waals surface area contributed by atoms with Crippen LogP contribution in [0.5, 0.6) is 11.5 Å².